The zero-order valence-electron chi connectivity index (χ0n) is 22.1. The molecule has 0 saturated carbocycles. The lowest BCUT2D eigenvalue weighted by Gasteiger charge is -2.40. The van der Waals surface area contributed by atoms with Crippen LogP contribution >= 0.6 is 12.4 Å². The van der Waals surface area contributed by atoms with Crippen LogP contribution in [0.3, 0.4) is 0 Å². The number of hydrogen-bond acceptors (Lipinski definition) is 6. The molecule has 0 bridgehead atoms. The van der Waals surface area contributed by atoms with Crippen molar-refractivity contribution in [1.29, 1.82) is 0 Å². The molecule has 1 saturated heterocycles. The van der Waals surface area contributed by atoms with E-state index in [1.165, 1.54) is 5.01 Å². The molecule has 0 unspecified atom stereocenters. The van der Waals surface area contributed by atoms with Gasteiger partial charge in [0.15, 0.2) is 0 Å². The van der Waals surface area contributed by atoms with E-state index in [-0.39, 0.29) is 37.4 Å². The van der Waals surface area contributed by atoms with Crippen LogP contribution in [0.2, 0.25) is 0 Å². The molecule has 2 aliphatic heterocycles. The number of hydrogen-bond donors (Lipinski definition) is 2. The lowest BCUT2D eigenvalue weighted by molar-refractivity contribution is -0.143. The van der Waals surface area contributed by atoms with Gasteiger partial charge in [-0.3, -0.25) is 14.4 Å². The van der Waals surface area contributed by atoms with E-state index in [9.17, 15) is 14.4 Å². The Balaban J connectivity index is 0.00000400. The molecule has 204 valence electrons. The Morgan fingerprint density at radius 2 is 1.71 bits per heavy atom. The minimum atomic E-state index is -1.17. The first-order valence-corrected chi connectivity index (χ1v) is 12.5. The predicted molar refractivity (Wildman–Crippen MR) is 148 cm³/mol. The summed E-state index contributed by atoms with van der Waals surface area (Å²) >= 11 is 0. The molecular formula is C28H36ClN5O4. The molecule has 9 nitrogen and oxygen atoms in total. The lowest BCUT2D eigenvalue weighted by atomic mass is 9.73. The Bertz CT molecular complexity index is 1170. The molecule has 2 aromatic rings. The number of nitrogens with zero attached hydrogens (tertiary/aromatic N) is 3. The van der Waals surface area contributed by atoms with E-state index in [0.29, 0.717) is 26.0 Å². The van der Waals surface area contributed by atoms with Gasteiger partial charge in [0.25, 0.3) is 5.91 Å². The highest BCUT2D eigenvalue weighted by molar-refractivity contribution is 6.13. The predicted octanol–water partition coefficient (Wildman–Crippen LogP) is 2.14. The first-order valence-electron chi connectivity index (χ1n) is 12.5. The molecule has 0 radical (unpaired) electrons. The highest BCUT2D eigenvalue weighted by Crippen LogP contribution is 2.38. The van der Waals surface area contributed by atoms with Crippen molar-refractivity contribution in [2.45, 2.75) is 44.9 Å². The fourth-order valence-corrected chi connectivity index (χ4v) is 4.82. The van der Waals surface area contributed by atoms with E-state index in [2.05, 4.69) is 10.4 Å². The maximum absolute atomic E-state index is 13.8. The van der Waals surface area contributed by atoms with Crippen LogP contribution in [0.4, 0.5) is 0 Å². The van der Waals surface area contributed by atoms with Crippen molar-refractivity contribution in [3.8, 4) is 0 Å². The van der Waals surface area contributed by atoms with Crippen LogP contribution < -0.4 is 11.1 Å². The van der Waals surface area contributed by atoms with Crippen LogP contribution in [0.5, 0.6) is 0 Å². The standard InChI is InChI=1S/C28H35N5O4.ClH/c1-27(2,29)25(35)30-22(18-37-17-21-12-8-5-9-13-21)24(34)33-15-14-23-28(19-33,26(36)32(3)31-23)16-20-10-6-4-7-11-20;/h4-13,22H,14-19,29H2,1-3H3,(H,30,35);1H/t22-,28+;/m1./s1. The number of likely N-dealkylation sites (tertiary alicyclic amines) is 1. The molecule has 2 aliphatic rings. The number of halogens is 1. The summed E-state index contributed by atoms with van der Waals surface area (Å²) in [6, 6.07) is 18.4. The SMILES string of the molecule is CN1N=C2CCN(C(=O)[C@@H](COCc3ccccc3)NC(=O)C(C)(C)N)C[C@]2(Cc2ccccc2)C1=O.Cl. The molecular weight excluding hydrogens is 506 g/mol. The maximum Gasteiger partial charge on any atom is 0.256 e. The Kier molecular flexibility index (Phi) is 9.30. The number of benzene rings is 2. The largest absolute Gasteiger partial charge is 0.374 e. The van der Waals surface area contributed by atoms with E-state index in [1.54, 1.807) is 25.8 Å². The number of piperidine rings is 1. The van der Waals surface area contributed by atoms with Crippen molar-refractivity contribution in [3.63, 3.8) is 0 Å². The van der Waals surface area contributed by atoms with Gasteiger partial charge in [0.2, 0.25) is 11.8 Å². The van der Waals surface area contributed by atoms with E-state index < -0.39 is 22.9 Å². The first-order chi connectivity index (χ1) is 17.6. The molecule has 3 amide bonds. The quantitative estimate of drug-likeness (QED) is 0.504. The number of nitrogens with one attached hydrogen (secondary N) is 1. The van der Waals surface area contributed by atoms with Gasteiger partial charge in [-0.15, -0.1) is 12.4 Å². The third-order valence-corrected chi connectivity index (χ3v) is 6.85. The number of carbonyl (C=O) groups is 3. The normalized spacial score (nSPS) is 19.8. The Hall–Kier alpha value is -3.27. The summed E-state index contributed by atoms with van der Waals surface area (Å²) < 4.78 is 5.85. The highest BCUT2D eigenvalue weighted by atomic mass is 35.5. The zero-order chi connectivity index (χ0) is 26.6. The molecule has 4 rings (SSSR count). The van der Waals surface area contributed by atoms with E-state index in [1.807, 2.05) is 60.7 Å². The third-order valence-electron chi connectivity index (χ3n) is 6.85. The molecule has 2 heterocycles. The van der Waals surface area contributed by atoms with Crippen molar-refractivity contribution in [2.24, 2.45) is 16.3 Å². The molecule has 0 aliphatic carbocycles. The molecule has 3 N–H and O–H groups in total. The van der Waals surface area contributed by atoms with Gasteiger partial charge in [-0.05, 0) is 31.4 Å². The summed E-state index contributed by atoms with van der Waals surface area (Å²) in [6.45, 7) is 4.02. The number of fused-ring (bicyclic) bond motifs is 1. The molecule has 2 atom stereocenters. The topological polar surface area (TPSA) is 117 Å². The van der Waals surface area contributed by atoms with Crippen molar-refractivity contribution < 1.29 is 19.1 Å². The number of rotatable bonds is 9. The van der Waals surface area contributed by atoms with Gasteiger partial charge in [-0.1, -0.05) is 60.7 Å². The molecule has 1 fully saturated rings. The van der Waals surface area contributed by atoms with Crippen molar-refractivity contribution in [2.75, 3.05) is 26.7 Å². The fraction of sp³-hybridized carbons (Fsp3) is 0.429. The molecule has 0 aromatic heterocycles. The van der Waals surface area contributed by atoms with Crippen LogP contribution in [0.1, 0.15) is 31.4 Å². The molecule has 10 heteroatoms. The number of nitrogens with two attached hydrogens (primary N) is 1. The van der Waals surface area contributed by atoms with Gasteiger partial charge >= 0.3 is 0 Å². The lowest BCUT2D eigenvalue weighted by Crippen LogP contribution is -2.61. The second kappa shape index (κ2) is 12.1. The number of carbonyl (C=O) groups excluding carboxylic acids is 3. The minimum absolute atomic E-state index is 0. The summed E-state index contributed by atoms with van der Waals surface area (Å²) in [7, 11) is 1.65. The van der Waals surface area contributed by atoms with Crippen LogP contribution in [-0.4, -0.2) is 71.7 Å². The number of amides is 3. The van der Waals surface area contributed by atoms with Gasteiger partial charge in [0.05, 0.1) is 24.5 Å². The molecule has 0 spiro atoms. The Morgan fingerprint density at radius 3 is 2.32 bits per heavy atom. The van der Waals surface area contributed by atoms with Gasteiger partial charge in [-0.25, -0.2) is 5.01 Å². The van der Waals surface area contributed by atoms with E-state index in [0.717, 1.165) is 16.8 Å². The first kappa shape index (κ1) is 29.3. The smallest absolute Gasteiger partial charge is 0.256 e. The van der Waals surface area contributed by atoms with Crippen molar-refractivity contribution in [1.82, 2.24) is 15.2 Å². The van der Waals surface area contributed by atoms with E-state index in [4.69, 9.17) is 10.5 Å². The summed E-state index contributed by atoms with van der Waals surface area (Å²) in [5.74, 6) is -0.892. The van der Waals surface area contributed by atoms with Gasteiger partial charge in [0, 0.05) is 26.6 Å². The molecule has 2 aromatic carbocycles. The number of ether oxygens (including phenoxy) is 1. The van der Waals surface area contributed by atoms with Gasteiger partial charge in [-0.2, -0.15) is 5.10 Å². The van der Waals surface area contributed by atoms with Crippen LogP contribution in [0, 0.1) is 5.41 Å². The monoisotopic (exact) mass is 541 g/mol. The van der Waals surface area contributed by atoms with Crippen molar-refractivity contribution >= 4 is 35.8 Å². The zero-order valence-corrected chi connectivity index (χ0v) is 22.9. The van der Waals surface area contributed by atoms with Crippen LogP contribution in [0.25, 0.3) is 0 Å². The second-order valence-electron chi connectivity index (χ2n) is 10.4. The molecule has 38 heavy (non-hydrogen) atoms. The van der Waals surface area contributed by atoms with E-state index >= 15 is 0 Å². The van der Waals surface area contributed by atoms with Crippen LogP contribution in [-0.2, 0) is 32.1 Å². The summed E-state index contributed by atoms with van der Waals surface area (Å²) in [4.78, 5) is 41.6. The van der Waals surface area contributed by atoms with Crippen LogP contribution in [0.15, 0.2) is 65.8 Å². The average Bonchev–Trinajstić information content (AvgIpc) is 3.12. The minimum Gasteiger partial charge on any atom is -0.374 e. The highest BCUT2D eigenvalue weighted by Gasteiger charge is 2.54. The second-order valence-corrected chi connectivity index (χ2v) is 10.4. The maximum atomic E-state index is 13.8. The third kappa shape index (κ3) is 6.40. The number of hydrazone groups is 1. The summed E-state index contributed by atoms with van der Waals surface area (Å²) in [5.41, 5.74) is 6.63. The van der Waals surface area contributed by atoms with Gasteiger partial charge in [0.1, 0.15) is 11.5 Å². The Morgan fingerprint density at radius 1 is 1.11 bits per heavy atom. The van der Waals surface area contributed by atoms with Crippen molar-refractivity contribution in [3.05, 3.63) is 71.8 Å². The summed E-state index contributed by atoms with van der Waals surface area (Å²) in [6.07, 6.45) is 0.916. The van der Waals surface area contributed by atoms with Gasteiger partial charge < -0.3 is 20.7 Å². The average molecular weight is 542 g/mol. The Labute approximate surface area is 229 Å². The summed E-state index contributed by atoms with van der Waals surface area (Å²) in [5, 5.41) is 8.67. The fourth-order valence-electron chi connectivity index (χ4n) is 4.82.